The molecule has 0 aliphatic rings. The van der Waals surface area contributed by atoms with Crippen LogP contribution in [-0.2, 0) is 0 Å². The molecule has 1 aromatic heterocycles. The number of aromatic nitrogens is 1. The Morgan fingerprint density at radius 3 is 2.52 bits per heavy atom. The van der Waals surface area contributed by atoms with Crippen molar-refractivity contribution >= 4 is 40.5 Å². The first-order valence-corrected chi connectivity index (χ1v) is 9.30. The van der Waals surface area contributed by atoms with Crippen molar-refractivity contribution in [3.05, 3.63) is 70.1 Å². The molecule has 0 spiro atoms. The van der Waals surface area contributed by atoms with Crippen molar-refractivity contribution in [3.63, 3.8) is 0 Å². The molecule has 0 aliphatic heterocycles. The molecule has 2 aromatic carbocycles. The zero-order valence-corrected chi connectivity index (χ0v) is 14.8. The molecule has 23 heavy (non-hydrogen) atoms. The van der Waals surface area contributed by atoms with Crippen molar-refractivity contribution in [1.82, 2.24) is 4.98 Å². The van der Waals surface area contributed by atoms with Gasteiger partial charge in [0.15, 0.2) is 10.1 Å². The SMILES string of the molecule is Cc1ccc(C(=O)CSc2nc(-c3ccc(Cl)cc3)cs2)cc1. The van der Waals surface area contributed by atoms with Crippen LogP contribution in [0.4, 0.5) is 0 Å². The van der Waals surface area contributed by atoms with Gasteiger partial charge in [-0.25, -0.2) is 4.98 Å². The van der Waals surface area contributed by atoms with E-state index < -0.39 is 0 Å². The molecule has 2 nitrogen and oxygen atoms in total. The van der Waals surface area contributed by atoms with Crippen molar-refractivity contribution in [3.8, 4) is 11.3 Å². The Balaban J connectivity index is 1.64. The van der Waals surface area contributed by atoms with Crippen LogP contribution in [0.3, 0.4) is 0 Å². The Bertz CT molecular complexity index is 810. The van der Waals surface area contributed by atoms with Crippen LogP contribution in [0, 0.1) is 6.92 Å². The largest absolute Gasteiger partial charge is 0.293 e. The van der Waals surface area contributed by atoms with Crippen molar-refractivity contribution in [2.45, 2.75) is 11.3 Å². The topological polar surface area (TPSA) is 30.0 Å². The molecule has 0 saturated heterocycles. The number of nitrogens with zero attached hydrogens (tertiary/aromatic N) is 1. The molecular formula is C18H14ClNOS2. The van der Waals surface area contributed by atoms with E-state index in [1.54, 1.807) is 11.3 Å². The fourth-order valence-electron chi connectivity index (χ4n) is 2.03. The number of benzene rings is 2. The Morgan fingerprint density at radius 2 is 1.83 bits per heavy atom. The van der Waals surface area contributed by atoms with Crippen molar-refractivity contribution in [1.29, 1.82) is 0 Å². The first kappa shape index (κ1) is 16.2. The highest BCUT2D eigenvalue weighted by atomic mass is 35.5. The van der Waals surface area contributed by atoms with Gasteiger partial charge >= 0.3 is 0 Å². The van der Waals surface area contributed by atoms with E-state index in [0.29, 0.717) is 10.8 Å². The Labute approximate surface area is 148 Å². The number of carbonyl (C=O) groups excluding carboxylic acids is 1. The van der Waals surface area contributed by atoms with Crippen LogP contribution in [0.1, 0.15) is 15.9 Å². The number of thioether (sulfide) groups is 1. The molecule has 0 aliphatic carbocycles. The van der Waals surface area contributed by atoms with Crippen molar-refractivity contribution < 1.29 is 4.79 Å². The summed E-state index contributed by atoms with van der Waals surface area (Å²) in [6.07, 6.45) is 0. The average Bonchev–Trinajstić information content (AvgIpc) is 3.03. The summed E-state index contributed by atoms with van der Waals surface area (Å²) in [7, 11) is 0. The quantitative estimate of drug-likeness (QED) is 0.429. The van der Waals surface area contributed by atoms with E-state index in [1.807, 2.05) is 60.8 Å². The lowest BCUT2D eigenvalue weighted by Gasteiger charge is -2.00. The van der Waals surface area contributed by atoms with E-state index in [-0.39, 0.29) is 5.78 Å². The molecule has 3 rings (SSSR count). The number of hydrogen-bond donors (Lipinski definition) is 0. The maximum Gasteiger partial charge on any atom is 0.173 e. The molecule has 0 radical (unpaired) electrons. The number of Topliss-reactive ketones (excluding diaryl/α,β-unsaturated/α-hetero) is 1. The summed E-state index contributed by atoms with van der Waals surface area (Å²) in [6, 6.07) is 15.3. The fourth-order valence-corrected chi connectivity index (χ4v) is 3.88. The maximum absolute atomic E-state index is 12.2. The Morgan fingerprint density at radius 1 is 1.13 bits per heavy atom. The van der Waals surface area contributed by atoms with Gasteiger partial charge in [-0.3, -0.25) is 4.79 Å². The van der Waals surface area contributed by atoms with Crippen LogP contribution in [0.15, 0.2) is 58.3 Å². The molecule has 3 aromatic rings. The minimum Gasteiger partial charge on any atom is -0.293 e. The first-order valence-electron chi connectivity index (χ1n) is 7.06. The maximum atomic E-state index is 12.2. The van der Waals surface area contributed by atoms with E-state index in [0.717, 1.165) is 26.7 Å². The van der Waals surface area contributed by atoms with E-state index in [1.165, 1.54) is 11.8 Å². The van der Waals surface area contributed by atoms with Gasteiger partial charge in [0.05, 0.1) is 11.4 Å². The van der Waals surface area contributed by atoms with E-state index in [2.05, 4.69) is 4.98 Å². The lowest BCUT2D eigenvalue weighted by Crippen LogP contribution is -2.01. The van der Waals surface area contributed by atoms with Crippen LogP contribution in [0.25, 0.3) is 11.3 Å². The molecule has 0 atom stereocenters. The summed E-state index contributed by atoms with van der Waals surface area (Å²) in [6.45, 7) is 2.01. The van der Waals surface area contributed by atoms with Gasteiger partial charge in [-0.2, -0.15) is 0 Å². The smallest absolute Gasteiger partial charge is 0.173 e. The first-order chi connectivity index (χ1) is 11.1. The Hall–Kier alpha value is -1.62. The molecule has 0 fully saturated rings. The lowest BCUT2D eigenvalue weighted by atomic mass is 10.1. The van der Waals surface area contributed by atoms with E-state index >= 15 is 0 Å². The average molecular weight is 360 g/mol. The van der Waals surface area contributed by atoms with Gasteiger partial charge in [0, 0.05) is 21.5 Å². The van der Waals surface area contributed by atoms with E-state index in [9.17, 15) is 4.79 Å². The monoisotopic (exact) mass is 359 g/mol. The van der Waals surface area contributed by atoms with Crippen LogP contribution in [0.2, 0.25) is 5.02 Å². The summed E-state index contributed by atoms with van der Waals surface area (Å²) in [4.78, 5) is 16.8. The second-order valence-corrected chi connectivity index (χ2v) is 7.60. The third-order valence-electron chi connectivity index (χ3n) is 3.32. The second-order valence-electron chi connectivity index (χ2n) is 5.08. The molecule has 0 unspecified atom stereocenters. The third kappa shape index (κ3) is 4.22. The summed E-state index contributed by atoms with van der Waals surface area (Å²) in [5.74, 6) is 0.523. The zero-order chi connectivity index (χ0) is 16.2. The van der Waals surface area contributed by atoms with Gasteiger partial charge in [0.2, 0.25) is 0 Å². The van der Waals surface area contributed by atoms with Crippen molar-refractivity contribution in [2.75, 3.05) is 5.75 Å². The predicted octanol–water partition coefficient (Wildman–Crippen LogP) is 5.75. The predicted molar refractivity (Wildman–Crippen MR) is 98.8 cm³/mol. The van der Waals surface area contributed by atoms with Gasteiger partial charge in [0.1, 0.15) is 0 Å². The third-order valence-corrected chi connectivity index (χ3v) is 5.60. The van der Waals surface area contributed by atoms with Gasteiger partial charge < -0.3 is 0 Å². The number of halogens is 1. The second kappa shape index (κ2) is 7.30. The zero-order valence-electron chi connectivity index (χ0n) is 12.5. The van der Waals surface area contributed by atoms with Gasteiger partial charge in [0.25, 0.3) is 0 Å². The summed E-state index contributed by atoms with van der Waals surface area (Å²) in [5, 5.41) is 2.71. The number of hydrogen-bond acceptors (Lipinski definition) is 4. The number of rotatable bonds is 5. The molecule has 0 bridgehead atoms. The number of carbonyl (C=O) groups is 1. The Kier molecular flexibility index (Phi) is 5.16. The molecule has 5 heteroatoms. The van der Waals surface area contributed by atoms with Crippen molar-refractivity contribution in [2.24, 2.45) is 0 Å². The van der Waals surface area contributed by atoms with Gasteiger partial charge in [-0.05, 0) is 19.1 Å². The highest BCUT2D eigenvalue weighted by Gasteiger charge is 2.10. The number of thiazole rings is 1. The molecule has 116 valence electrons. The highest BCUT2D eigenvalue weighted by Crippen LogP contribution is 2.29. The normalized spacial score (nSPS) is 10.7. The number of ketones is 1. The number of aryl methyl sites for hydroxylation is 1. The molecule has 0 saturated carbocycles. The molecule has 0 N–H and O–H groups in total. The summed E-state index contributed by atoms with van der Waals surface area (Å²) in [5.41, 5.74) is 3.85. The van der Waals surface area contributed by atoms with Crippen LogP contribution >= 0.6 is 34.7 Å². The van der Waals surface area contributed by atoms with Crippen LogP contribution in [0.5, 0.6) is 0 Å². The summed E-state index contributed by atoms with van der Waals surface area (Å²) < 4.78 is 0.899. The molecule has 0 amide bonds. The minimum absolute atomic E-state index is 0.123. The summed E-state index contributed by atoms with van der Waals surface area (Å²) >= 11 is 8.93. The molecule has 1 heterocycles. The fraction of sp³-hybridized carbons (Fsp3) is 0.111. The lowest BCUT2D eigenvalue weighted by molar-refractivity contribution is 0.102. The standard InChI is InChI=1S/C18H14ClNOS2/c1-12-2-4-14(5-3-12)17(21)11-23-18-20-16(10-22-18)13-6-8-15(19)9-7-13/h2-10H,11H2,1H3. The van der Waals surface area contributed by atoms with Gasteiger partial charge in [-0.1, -0.05) is 65.3 Å². The highest BCUT2D eigenvalue weighted by molar-refractivity contribution is 8.01. The van der Waals surface area contributed by atoms with Crippen LogP contribution < -0.4 is 0 Å². The van der Waals surface area contributed by atoms with Gasteiger partial charge in [-0.15, -0.1) is 11.3 Å². The van der Waals surface area contributed by atoms with Crippen LogP contribution in [-0.4, -0.2) is 16.5 Å². The minimum atomic E-state index is 0.123. The van der Waals surface area contributed by atoms with E-state index in [4.69, 9.17) is 11.6 Å². The molecular weight excluding hydrogens is 346 g/mol.